The lowest BCUT2D eigenvalue weighted by Crippen LogP contribution is -2.14. The van der Waals surface area contributed by atoms with Crippen molar-refractivity contribution in [2.45, 2.75) is 19.4 Å². The Bertz CT molecular complexity index is 619. The fourth-order valence-electron chi connectivity index (χ4n) is 2.13. The molecule has 2 rings (SSSR count). The van der Waals surface area contributed by atoms with Gasteiger partial charge in [0.05, 0.1) is 16.7 Å². The largest absolute Gasteiger partial charge is 0.490 e. The number of hydrogen-bond acceptors (Lipinski definition) is 3. The van der Waals surface area contributed by atoms with Gasteiger partial charge in [0.1, 0.15) is 6.10 Å². The van der Waals surface area contributed by atoms with Gasteiger partial charge in [0.15, 0.2) is 11.5 Å². The summed E-state index contributed by atoms with van der Waals surface area (Å²) in [4.78, 5) is 0. The van der Waals surface area contributed by atoms with Gasteiger partial charge in [-0.15, -0.1) is 0 Å². The Balaban J connectivity index is 2.27. The van der Waals surface area contributed by atoms with Crippen molar-refractivity contribution < 1.29 is 9.47 Å². The third-order valence-corrected chi connectivity index (χ3v) is 3.90. The number of benzene rings is 2. The summed E-state index contributed by atoms with van der Waals surface area (Å²) in [5, 5.41) is 1.02. The van der Waals surface area contributed by atoms with E-state index in [4.69, 9.17) is 38.4 Å². The summed E-state index contributed by atoms with van der Waals surface area (Å²) in [6, 6.07) is 13.1. The predicted octanol–water partition coefficient (Wildman–Crippen LogP) is 4.86. The minimum absolute atomic E-state index is 0.207. The number of halogens is 2. The summed E-state index contributed by atoms with van der Waals surface area (Å²) < 4.78 is 11.7. The van der Waals surface area contributed by atoms with Gasteiger partial charge >= 0.3 is 0 Å². The highest BCUT2D eigenvalue weighted by Gasteiger charge is 2.16. The third-order valence-electron chi connectivity index (χ3n) is 3.16. The maximum atomic E-state index is 6.11. The van der Waals surface area contributed by atoms with Crippen LogP contribution in [0.2, 0.25) is 10.0 Å². The first kappa shape index (κ1) is 16.9. The van der Waals surface area contributed by atoms with Crippen molar-refractivity contribution in [1.29, 1.82) is 0 Å². The van der Waals surface area contributed by atoms with Crippen LogP contribution in [-0.4, -0.2) is 13.2 Å². The number of para-hydroxylation sites is 2. The molecule has 1 unspecified atom stereocenters. The van der Waals surface area contributed by atoms with E-state index in [1.54, 1.807) is 6.07 Å². The van der Waals surface area contributed by atoms with E-state index >= 15 is 0 Å². The molecule has 2 aromatic carbocycles. The number of rotatable bonds is 7. The second kappa shape index (κ2) is 8.28. The number of ether oxygens (including phenoxy) is 2. The highest BCUT2D eigenvalue weighted by molar-refractivity contribution is 6.42. The Kier molecular flexibility index (Phi) is 6.37. The molecule has 0 bridgehead atoms. The topological polar surface area (TPSA) is 44.5 Å². The van der Waals surface area contributed by atoms with E-state index in [1.807, 2.05) is 43.3 Å². The van der Waals surface area contributed by atoms with Crippen molar-refractivity contribution in [3.05, 3.63) is 58.1 Å². The van der Waals surface area contributed by atoms with Gasteiger partial charge in [-0.1, -0.05) is 41.4 Å². The van der Waals surface area contributed by atoms with Crippen molar-refractivity contribution in [1.82, 2.24) is 0 Å². The van der Waals surface area contributed by atoms with E-state index < -0.39 is 0 Å². The summed E-state index contributed by atoms with van der Waals surface area (Å²) in [5.74, 6) is 1.40. The van der Waals surface area contributed by atoms with Crippen LogP contribution in [0.4, 0.5) is 0 Å². The summed E-state index contributed by atoms with van der Waals surface area (Å²) in [7, 11) is 0. The molecule has 0 saturated carbocycles. The van der Waals surface area contributed by atoms with E-state index in [9.17, 15) is 0 Å². The molecule has 0 amide bonds. The van der Waals surface area contributed by atoms with Gasteiger partial charge in [-0.25, -0.2) is 0 Å². The zero-order chi connectivity index (χ0) is 15.9. The molecular weight excluding hydrogens is 321 g/mol. The second-order valence-electron chi connectivity index (χ2n) is 4.74. The molecule has 0 aromatic heterocycles. The van der Waals surface area contributed by atoms with Crippen LogP contribution in [0.5, 0.6) is 11.5 Å². The first-order valence-electron chi connectivity index (χ1n) is 7.19. The maximum Gasteiger partial charge on any atom is 0.162 e. The minimum Gasteiger partial charge on any atom is -0.490 e. The Morgan fingerprint density at radius 2 is 1.77 bits per heavy atom. The van der Waals surface area contributed by atoms with E-state index in [0.29, 0.717) is 41.1 Å². The molecule has 118 valence electrons. The Labute approximate surface area is 140 Å². The standard InChI is InChI=1S/C17H19Cl2NO2/c1-2-21-16-5-3-4-6-17(16)22-15(9-10-20)12-7-8-13(18)14(19)11-12/h3-8,11,15H,2,9-10,20H2,1H3. The van der Waals surface area contributed by atoms with E-state index in [-0.39, 0.29) is 6.10 Å². The summed E-state index contributed by atoms with van der Waals surface area (Å²) in [6.07, 6.45) is 0.458. The fraction of sp³-hybridized carbons (Fsp3) is 0.294. The average Bonchev–Trinajstić information content (AvgIpc) is 2.52. The molecule has 3 nitrogen and oxygen atoms in total. The van der Waals surface area contributed by atoms with Crippen LogP contribution in [0, 0.1) is 0 Å². The van der Waals surface area contributed by atoms with Crippen molar-refractivity contribution >= 4 is 23.2 Å². The first-order valence-corrected chi connectivity index (χ1v) is 7.94. The first-order chi connectivity index (χ1) is 10.7. The molecule has 0 heterocycles. The van der Waals surface area contributed by atoms with Crippen LogP contribution in [0.3, 0.4) is 0 Å². The lowest BCUT2D eigenvalue weighted by Gasteiger charge is -2.21. The van der Waals surface area contributed by atoms with Crippen LogP contribution >= 0.6 is 23.2 Å². The molecule has 5 heteroatoms. The molecule has 0 aliphatic carbocycles. The van der Waals surface area contributed by atoms with Gasteiger partial charge < -0.3 is 15.2 Å². The molecule has 1 atom stereocenters. The molecule has 2 aromatic rings. The molecule has 0 spiro atoms. The van der Waals surface area contributed by atoms with Gasteiger partial charge in [-0.05, 0) is 43.3 Å². The molecule has 22 heavy (non-hydrogen) atoms. The minimum atomic E-state index is -0.207. The fourth-order valence-corrected chi connectivity index (χ4v) is 2.44. The molecule has 0 aliphatic heterocycles. The highest BCUT2D eigenvalue weighted by Crippen LogP contribution is 2.34. The molecule has 0 aliphatic rings. The number of hydrogen-bond donors (Lipinski definition) is 1. The Morgan fingerprint density at radius 1 is 1.05 bits per heavy atom. The van der Waals surface area contributed by atoms with Gasteiger partial charge in [0, 0.05) is 6.42 Å². The molecule has 0 saturated heterocycles. The normalized spacial score (nSPS) is 12.0. The molecule has 0 fully saturated rings. The lowest BCUT2D eigenvalue weighted by molar-refractivity contribution is 0.186. The second-order valence-corrected chi connectivity index (χ2v) is 5.55. The molecular formula is C17H19Cl2NO2. The summed E-state index contributed by atoms with van der Waals surface area (Å²) >= 11 is 12.1. The van der Waals surface area contributed by atoms with Gasteiger partial charge in [-0.2, -0.15) is 0 Å². The number of nitrogens with two attached hydrogens (primary N) is 1. The summed E-state index contributed by atoms with van der Waals surface area (Å²) in [5.41, 5.74) is 6.65. The van der Waals surface area contributed by atoms with E-state index in [2.05, 4.69) is 0 Å². The zero-order valence-corrected chi connectivity index (χ0v) is 13.9. The Morgan fingerprint density at radius 3 is 2.41 bits per heavy atom. The third kappa shape index (κ3) is 4.29. The lowest BCUT2D eigenvalue weighted by atomic mass is 10.1. The zero-order valence-electron chi connectivity index (χ0n) is 12.4. The van der Waals surface area contributed by atoms with E-state index in [0.717, 1.165) is 5.56 Å². The maximum absolute atomic E-state index is 6.11. The van der Waals surface area contributed by atoms with Gasteiger partial charge in [-0.3, -0.25) is 0 Å². The van der Waals surface area contributed by atoms with Crippen LogP contribution in [0.25, 0.3) is 0 Å². The van der Waals surface area contributed by atoms with Crippen molar-refractivity contribution in [3.63, 3.8) is 0 Å². The van der Waals surface area contributed by atoms with Gasteiger partial charge in [0.2, 0.25) is 0 Å². The van der Waals surface area contributed by atoms with Crippen molar-refractivity contribution in [3.8, 4) is 11.5 Å². The van der Waals surface area contributed by atoms with E-state index in [1.165, 1.54) is 0 Å². The molecule has 0 radical (unpaired) electrons. The highest BCUT2D eigenvalue weighted by atomic mass is 35.5. The predicted molar refractivity (Wildman–Crippen MR) is 91.1 cm³/mol. The van der Waals surface area contributed by atoms with Crippen molar-refractivity contribution in [2.75, 3.05) is 13.2 Å². The van der Waals surface area contributed by atoms with Crippen LogP contribution in [0.15, 0.2) is 42.5 Å². The van der Waals surface area contributed by atoms with Crippen LogP contribution in [-0.2, 0) is 0 Å². The smallest absolute Gasteiger partial charge is 0.162 e. The summed E-state index contributed by atoms with van der Waals surface area (Å²) in [6.45, 7) is 3.02. The van der Waals surface area contributed by atoms with Gasteiger partial charge in [0.25, 0.3) is 0 Å². The van der Waals surface area contributed by atoms with Crippen molar-refractivity contribution in [2.24, 2.45) is 5.73 Å². The average molecular weight is 340 g/mol. The monoisotopic (exact) mass is 339 g/mol. The van der Waals surface area contributed by atoms with Crippen LogP contribution in [0.1, 0.15) is 25.0 Å². The SMILES string of the molecule is CCOc1ccccc1OC(CCN)c1ccc(Cl)c(Cl)c1. The van der Waals surface area contributed by atoms with Crippen LogP contribution < -0.4 is 15.2 Å². The Hall–Kier alpha value is -1.42. The molecule has 2 N–H and O–H groups in total. The quantitative estimate of drug-likeness (QED) is 0.783.